The van der Waals surface area contributed by atoms with E-state index in [1.807, 2.05) is 0 Å². The summed E-state index contributed by atoms with van der Waals surface area (Å²) in [6.45, 7) is -2.27. The second-order valence-electron chi connectivity index (χ2n) is 4.92. The molecule has 0 bridgehead atoms. The predicted molar refractivity (Wildman–Crippen MR) is 77.5 cm³/mol. The highest BCUT2D eigenvalue weighted by Gasteiger charge is 2.33. The highest BCUT2D eigenvalue weighted by molar-refractivity contribution is 5.78. The number of halogens is 3. The summed E-state index contributed by atoms with van der Waals surface area (Å²) >= 11 is 0. The van der Waals surface area contributed by atoms with Gasteiger partial charge in [0.15, 0.2) is 6.61 Å². The summed E-state index contributed by atoms with van der Waals surface area (Å²) in [7, 11) is 0. The quantitative estimate of drug-likeness (QED) is 0.726. The highest BCUT2D eigenvalue weighted by atomic mass is 19.4. The lowest BCUT2D eigenvalue weighted by atomic mass is 10.2. The fourth-order valence-corrected chi connectivity index (χ4v) is 1.92. The lowest BCUT2D eigenvalue weighted by molar-refractivity contribution is -0.164. The first-order chi connectivity index (χ1) is 11.4. The summed E-state index contributed by atoms with van der Waals surface area (Å²) in [6, 6.07) is 8.87. The van der Waals surface area contributed by atoms with Crippen molar-refractivity contribution < 1.29 is 31.9 Å². The normalized spacial score (nSPS) is 11.1. The van der Waals surface area contributed by atoms with Crippen LogP contribution in [0.5, 0.6) is 5.75 Å². The Morgan fingerprint density at radius 1 is 1.21 bits per heavy atom. The third-order valence-corrected chi connectivity index (χ3v) is 3.03. The van der Waals surface area contributed by atoms with Crippen LogP contribution in [0, 0.1) is 0 Å². The number of amides is 1. The molecule has 0 atom stereocenters. The molecule has 128 valence electrons. The van der Waals surface area contributed by atoms with E-state index in [-0.39, 0.29) is 18.1 Å². The van der Waals surface area contributed by atoms with Crippen LogP contribution in [0.2, 0.25) is 0 Å². The van der Waals surface area contributed by atoms with Crippen LogP contribution in [0.4, 0.5) is 13.2 Å². The average Bonchev–Trinajstić information content (AvgIpc) is 3.04. The number of aldehydes is 1. The van der Waals surface area contributed by atoms with E-state index in [4.69, 9.17) is 9.15 Å². The van der Waals surface area contributed by atoms with E-state index in [0.717, 1.165) is 0 Å². The van der Waals surface area contributed by atoms with Crippen molar-refractivity contribution in [2.75, 3.05) is 13.2 Å². The van der Waals surface area contributed by atoms with Gasteiger partial charge in [-0.3, -0.25) is 9.59 Å². The Bertz CT molecular complexity index is 666. The third-order valence-electron chi connectivity index (χ3n) is 3.03. The predicted octanol–water partition coefficient (Wildman–Crippen LogP) is 3.06. The molecule has 8 heteroatoms. The summed E-state index contributed by atoms with van der Waals surface area (Å²) < 4.78 is 48.1. The number of benzene rings is 1. The van der Waals surface area contributed by atoms with Crippen molar-refractivity contribution in [3.8, 4) is 5.75 Å². The topological polar surface area (TPSA) is 59.8 Å². The van der Waals surface area contributed by atoms with Crippen molar-refractivity contribution in [2.45, 2.75) is 12.7 Å². The van der Waals surface area contributed by atoms with E-state index in [9.17, 15) is 22.8 Å². The van der Waals surface area contributed by atoms with E-state index >= 15 is 0 Å². The van der Waals surface area contributed by atoms with E-state index in [1.165, 1.54) is 42.7 Å². The molecule has 5 nitrogen and oxygen atoms in total. The van der Waals surface area contributed by atoms with Gasteiger partial charge in [0.1, 0.15) is 24.3 Å². The van der Waals surface area contributed by atoms with Crippen LogP contribution < -0.4 is 4.74 Å². The number of alkyl halides is 3. The maximum absolute atomic E-state index is 12.6. The first-order valence-corrected chi connectivity index (χ1v) is 6.92. The molecule has 0 aliphatic rings. The number of rotatable bonds is 7. The average molecular weight is 341 g/mol. The SMILES string of the molecule is O=Cc1ccc(OCC(=O)N(Cc2ccco2)CC(F)(F)F)cc1. The lowest BCUT2D eigenvalue weighted by Gasteiger charge is -2.23. The number of hydrogen-bond donors (Lipinski definition) is 0. The van der Waals surface area contributed by atoms with Crippen molar-refractivity contribution in [3.05, 3.63) is 54.0 Å². The number of carbonyl (C=O) groups excluding carboxylic acids is 2. The molecule has 0 radical (unpaired) electrons. The van der Waals surface area contributed by atoms with Crippen LogP contribution in [-0.2, 0) is 11.3 Å². The Morgan fingerprint density at radius 2 is 1.92 bits per heavy atom. The number of carbonyl (C=O) groups is 2. The molecular formula is C16H14F3NO4. The number of hydrogen-bond acceptors (Lipinski definition) is 4. The Kier molecular flexibility index (Phi) is 5.62. The Morgan fingerprint density at radius 3 is 2.46 bits per heavy atom. The maximum Gasteiger partial charge on any atom is 0.406 e. The largest absolute Gasteiger partial charge is 0.484 e. The number of furan rings is 1. The standard InChI is InChI=1S/C16H14F3NO4/c17-16(18,19)11-20(8-14-2-1-7-23-14)15(22)10-24-13-5-3-12(9-21)4-6-13/h1-7,9H,8,10-11H2. The zero-order valence-corrected chi connectivity index (χ0v) is 12.5. The van der Waals surface area contributed by atoms with Crippen LogP contribution in [-0.4, -0.2) is 36.4 Å². The lowest BCUT2D eigenvalue weighted by Crippen LogP contribution is -2.40. The minimum atomic E-state index is -4.53. The molecule has 0 N–H and O–H groups in total. The first kappa shape index (κ1) is 17.6. The molecule has 2 rings (SSSR count). The molecule has 0 fully saturated rings. The molecule has 0 saturated heterocycles. The van der Waals surface area contributed by atoms with Gasteiger partial charge in [-0.05, 0) is 36.4 Å². The molecule has 24 heavy (non-hydrogen) atoms. The van der Waals surface area contributed by atoms with E-state index < -0.39 is 25.2 Å². The van der Waals surface area contributed by atoms with Gasteiger partial charge in [-0.25, -0.2) is 0 Å². The molecular weight excluding hydrogens is 327 g/mol. The van der Waals surface area contributed by atoms with Gasteiger partial charge in [0.25, 0.3) is 5.91 Å². The minimum absolute atomic E-state index is 0.239. The van der Waals surface area contributed by atoms with Gasteiger partial charge in [0.2, 0.25) is 0 Å². The van der Waals surface area contributed by atoms with E-state index in [2.05, 4.69) is 0 Å². The fraction of sp³-hybridized carbons (Fsp3) is 0.250. The molecule has 1 aromatic heterocycles. The molecule has 0 unspecified atom stereocenters. The molecule has 2 aromatic rings. The smallest absolute Gasteiger partial charge is 0.406 e. The van der Waals surface area contributed by atoms with Gasteiger partial charge in [0.05, 0.1) is 12.8 Å². The molecule has 0 saturated carbocycles. The summed E-state index contributed by atoms with van der Waals surface area (Å²) in [4.78, 5) is 23.2. The van der Waals surface area contributed by atoms with Crippen molar-refractivity contribution >= 4 is 12.2 Å². The van der Waals surface area contributed by atoms with Gasteiger partial charge in [-0.2, -0.15) is 13.2 Å². The molecule has 1 amide bonds. The van der Waals surface area contributed by atoms with Crippen molar-refractivity contribution in [1.82, 2.24) is 4.90 Å². The second-order valence-corrected chi connectivity index (χ2v) is 4.92. The fourth-order valence-electron chi connectivity index (χ4n) is 1.92. The Balaban J connectivity index is 1.99. The monoisotopic (exact) mass is 341 g/mol. The second kappa shape index (κ2) is 7.67. The van der Waals surface area contributed by atoms with E-state index in [0.29, 0.717) is 16.7 Å². The van der Waals surface area contributed by atoms with Crippen molar-refractivity contribution in [1.29, 1.82) is 0 Å². The van der Waals surface area contributed by atoms with Crippen LogP contribution in [0.1, 0.15) is 16.1 Å². The van der Waals surface area contributed by atoms with Gasteiger partial charge in [-0.1, -0.05) is 0 Å². The van der Waals surface area contributed by atoms with Crippen LogP contribution in [0.25, 0.3) is 0 Å². The van der Waals surface area contributed by atoms with Crippen molar-refractivity contribution in [3.63, 3.8) is 0 Å². The van der Waals surface area contributed by atoms with Crippen LogP contribution >= 0.6 is 0 Å². The van der Waals surface area contributed by atoms with Gasteiger partial charge in [-0.15, -0.1) is 0 Å². The Hall–Kier alpha value is -2.77. The molecule has 1 heterocycles. The van der Waals surface area contributed by atoms with Gasteiger partial charge < -0.3 is 14.1 Å². The van der Waals surface area contributed by atoms with Crippen LogP contribution in [0.3, 0.4) is 0 Å². The van der Waals surface area contributed by atoms with Gasteiger partial charge in [0, 0.05) is 5.56 Å². The first-order valence-electron chi connectivity index (χ1n) is 6.92. The molecule has 0 aliphatic carbocycles. The Labute approximate surface area is 135 Å². The molecule has 0 spiro atoms. The summed E-state index contributed by atoms with van der Waals surface area (Å²) in [5.41, 5.74) is 0.421. The number of nitrogens with zero attached hydrogens (tertiary/aromatic N) is 1. The van der Waals surface area contributed by atoms with Crippen molar-refractivity contribution in [2.24, 2.45) is 0 Å². The van der Waals surface area contributed by atoms with Gasteiger partial charge >= 0.3 is 6.18 Å². The molecule has 1 aromatic carbocycles. The zero-order chi connectivity index (χ0) is 17.6. The summed E-state index contributed by atoms with van der Waals surface area (Å²) in [5.74, 6) is -0.315. The highest BCUT2D eigenvalue weighted by Crippen LogP contribution is 2.19. The summed E-state index contributed by atoms with van der Waals surface area (Å²) in [5, 5.41) is 0. The number of ether oxygens (including phenoxy) is 1. The zero-order valence-electron chi connectivity index (χ0n) is 12.5. The maximum atomic E-state index is 12.6. The molecule has 0 aliphatic heterocycles. The third kappa shape index (κ3) is 5.45. The minimum Gasteiger partial charge on any atom is -0.484 e. The van der Waals surface area contributed by atoms with Crippen LogP contribution in [0.15, 0.2) is 47.1 Å². The summed E-state index contributed by atoms with van der Waals surface area (Å²) in [6.07, 6.45) is -2.58. The van der Waals surface area contributed by atoms with E-state index in [1.54, 1.807) is 0 Å².